The highest BCUT2D eigenvalue weighted by Gasteiger charge is 2.17. The molecule has 98 valence electrons. The van der Waals surface area contributed by atoms with E-state index in [0.717, 1.165) is 49.9 Å². The maximum atomic E-state index is 8.91. The number of imidazole rings is 1. The van der Waals surface area contributed by atoms with E-state index in [1.807, 2.05) is 0 Å². The molecule has 2 aromatic rings. The molecule has 0 radical (unpaired) electrons. The number of thiazole rings is 1. The predicted octanol–water partition coefficient (Wildman–Crippen LogP) is 0.506. The zero-order chi connectivity index (χ0) is 12.4. The first-order valence-electron chi connectivity index (χ1n) is 6.32. The molecule has 0 bridgehead atoms. The second kappa shape index (κ2) is 5.36. The van der Waals surface area contributed by atoms with Crippen molar-refractivity contribution in [3.05, 3.63) is 23.5 Å². The van der Waals surface area contributed by atoms with E-state index >= 15 is 0 Å². The highest BCUT2D eigenvalue weighted by Crippen LogP contribution is 2.13. The van der Waals surface area contributed by atoms with E-state index < -0.39 is 0 Å². The van der Waals surface area contributed by atoms with Gasteiger partial charge < -0.3 is 5.11 Å². The minimum Gasteiger partial charge on any atom is -0.395 e. The predicted molar refractivity (Wildman–Crippen MR) is 71.9 cm³/mol. The molecule has 1 fully saturated rings. The Hall–Kier alpha value is -0.950. The largest absolute Gasteiger partial charge is 0.395 e. The summed E-state index contributed by atoms with van der Waals surface area (Å²) in [7, 11) is 0. The zero-order valence-corrected chi connectivity index (χ0v) is 11.1. The van der Waals surface area contributed by atoms with E-state index in [0.29, 0.717) is 0 Å². The van der Waals surface area contributed by atoms with Gasteiger partial charge in [-0.05, 0) is 0 Å². The summed E-state index contributed by atoms with van der Waals surface area (Å²) >= 11 is 1.67. The summed E-state index contributed by atoms with van der Waals surface area (Å²) in [5.74, 6) is 0. The molecule has 1 aliphatic heterocycles. The molecule has 1 aliphatic rings. The van der Waals surface area contributed by atoms with Crippen LogP contribution in [0.15, 0.2) is 17.8 Å². The minimum atomic E-state index is 0.261. The number of fused-ring (bicyclic) bond motifs is 1. The molecule has 5 nitrogen and oxygen atoms in total. The van der Waals surface area contributed by atoms with Crippen molar-refractivity contribution in [3.8, 4) is 0 Å². The van der Waals surface area contributed by atoms with Gasteiger partial charge in [0, 0.05) is 57.0 Å². The van der Waals surface area contributed by atoms with Gasteiger partial charge in [-0.1, -0.05) is 0 Å². The Kier molecular flexibility index (Phi) is 3.60. The maximum Gasteiger partial charge on any atom is 0.193 e. The van der Waals surface area contributed by atoms with Crippen molar-refractivity contribution in [3.63, 3.8) is 0 Å². The molecule has 3 heterocycles. The average molecular weight is 266 g/mol. The van der Waals surface area contributed by atoms with Crippen LogP contribution in [-0.4, -0.2) is 63.6 Å². The van der Waals surface area contributed by atoms with Gasteiger partial charge in [-0.3, -0.25) is 14.2 Å². The van der Waals surface area contributed by atoms with Crippen molar-refractivity contribution >= 4 is 16.3 Å². The summed E-state index contributed by atoms with van der Waals surface area (Å²) < 4.78 is 2.09. The average Bonchev–Trinajstić information content (AvgIpc) is 2.92. The molecule has 3 rings (SSSR count). The molecule has 1 saturated heterocycles. The normalized spacial score (nSPS) is 18.7. The Balaban J connectivity index is 1.56. The summed E-state index contributed by atoms with van der Waals surface area (Å²) in [6.45, 7) is 6.20. The van der Waals surface area contributed by atoms with Crippen LogP contribution in [-0.2, 0) is 6.54 Å². The van der Waals surface area contributed by atoms with Crippen LogP contribution in [0.3, 0.4) is 0 Å². The van der Waals surface area contributed by atoms with Gasteiger partial charge in [-0.2, -0.15) is 0 Å². The molecule has 2 aromatic heterocycles. The molecule has 0 amide bonds. The molecule has 0 unspecified atom stereocenters. The number of aliphatic hydroxyl groups is 1. The Labute approximate surface area is 110 Å². The molecule has 18 heavy (non-hydrogen) atoms. The summed E-state index contributed by atoms with van der Waals surface area (Å²) in [6, 6.07) is 0. The fourth-order valence-electron chi connectivity index (χ4n) is 2.39. The third-order valence-electron chi connectivity index (χ3n) is 3.41. The second-order valence-corrected chi connectivity index (χ2v) is 5.54. The third-order valence-corrected chi connectivity index (χ3v) is 4.18. The van der Waals surface area contributed by atoms with Crippen LogP contribution >= 0.6 is 11.3 Å². The number of hydrogen-bond donors (Lipinski definition) is 1. The highest BCUT2D eigenvalue weighted by molar-refractivity contribution is 7.15. The van der Waals surface area contributed by atoms with Crippen molar-refractivity contribution in [2.45, 2.75) is 6.54 Å². The van der Waals surface area contributed by atoms with Crippen molar-refractivity contribution in [2.75, 3.05) is 39.3 Å². The Morgan fingerprint density at radius 2 is 2.00 bits per heavy atom. The molecular formula is C12H18N4OS. The fourth-order valence-corrected chi connectivity index (χ4v) is 3.11. The van der Waals surface area contributed by atoms with Crippen LogP contribution in [0.5, 0.6) is 0 Å². The first-order valence-corrected chi connectivity index (χ1v) is 7.20. The quantitative estimate of drug-likeness (QED) is 0.875. The van der Waals surface area contributed by atoms with E-state index in [2.05, 4.69) is 37.0 Å². The van der Waals surface area contributed by atoms with Gasteiger partial charge in [0.25, 0.3) is 0 Å². The standard InChI is InChI=1S/C12H18N4OS/c17-7-5-14-1-3-15(4-2-14)9-11-10-16-6-8-18-12(16)13-11/h6,8,10,17H,1-5,7,9H2. The molecule has 0 saturated carbocycles. The molecule has 0 aliphatic carbocycles. The summed E-state index contributed by atoms with van der Waals surface area (Å²) in [5, 5.41) is 11.0. The summed E-state index contributed by atoms with van der Waals surface area (Å²) in [5.41, 5.74) is 1.15. The number of piperazine rings is 1. The molecule has 0 aromatic carbocycles. The van der Waals surface area contributed by atoms with Gasteiger partial charge in [0.2, 0.25) is 0 Å². The lowest BCUT2D eigenvalue weighted by Crippen LogP contribution is -2.46. The maximum absolute atomic E-state index is 8.91. The number of rotatable bonds is 4. The minimum absolute atomic E-state index is 0.261. The number of hydrogen-bond acceptors (Lipinski definition) is 5. The van der Waals surface area contributed by atoms with Crippen molar-refractivity contribution < 1.29 is 5.11 Å². The van der Waals surface area contributed by atoms with Gasteiger partial charge >= 0.3 is 0 Å². The fraction of sp³-hybridized carbons (Fsp3) is 0.583. The highest BCUT2D eigenvalue weighted by atomic mass is 32.1. The summed E-state index contributed by atoms with van der Waals surface area (Å²) in [4.78, 5) is 10.4. The van der Waals surface area contributed by atoms with Gasteiger partial charge in [-0.25, -0.2) is 4.98 Å². The third kappa shape index (κ3) is 2.56. The first kappa shape index (κ1) is 12.1. The monoisotopic (exact) mass is 266 g/mol. The molecule has 0 spiro atoms. The van der Waals surface area contributed by atoms with Crippen LogP contribution in [0.25, 0.3) is 4.96 Å². The SMILES string of the molecule is OCCN1CCN(Cc2cn3ccsc3n2)CC1. The Bertz CT molecular complexity index is 472. The van der Waals surface area contributed by atoms with E-state index in [-0.39, 0.29) is 6.61 Å². The number of aliphatic hydroxyl groups excluding tert-OH is 1. The van der Waals surface area contributed by atoms with Crippen molar-refractivity contribution in [2.24, 2.45) is 0 Å². The topological polar surface area (TPSA) is 44.0 Å². The van der Waals surface area contributed by atoms with E-state index in [4.69, 9.17) is 5.11 Å². The van der Waals surface area contributed by atoms with Crippen molar-refractivity contribution in [1.82, 2.24) is 19.2 Å². The second-order valence-electron chi connectivity index (χ2n) is 4.67. The number of nitrogens with zero attached hydrogens (tertiary/aromatic N) is 4. The smallest absolute Gasteiger partial charge is 0.193 e. The van der Waals surface area contributed by atoms with E-state index in [1.54, 1.807) is 11.3 Å². The lowest BCUT2D eigenvalue weighted by Gasteiger charge is -2.33. The van der Waals surface area contributed by atoms with Crippen LogP contribution in [0.2, 0.25) is 0 Å². The van der Waals surface area contributed by atoms with Crippen LogP contribution < -0.4 is 0 Å². The molecule has 1 N–H and O–H groups in total. The van der Waals surface area contributed by atoms with E-state index in [1.165, 1.54) is 0 Å². The Morgan fingerprint density at radius 3 is 2.72 bits per heavy atom. The molecule has 0 atom stereocenters. The lowest BCUT2D eigenvalue weighted by molar-refractivity contribution is 0.108. The van der Waals surface area contributed by atoms with Gasteiger partial charge in [0.05, 0.1) is 12.3 Å². The summed E-state index contributed by atoms with van der Waals surface area (Å²) in [6.07, 6.45) is 4.17. The zero-order valence-electron chi connectivity index (χ0n) is 10.3. The Morgan fingerprint density at radius 1 is 1.22 bits per heavy atom. The van der Waals surface area contributed by atoms with Gasteiger partial charge in [0.1, 0.15) is 0 Å². The van der Waals surface area contributed by atoms with Gasteiger partial charge in [-0.15, -0.1) is 11.3 Å². The number of aromatic nitrogens is 2. The van der Waals surface area contributed by atoms with Gasteiger partial charge in [0.15, 0.2) is 4.96 Å². The lowest BCUT2D eigenvalue weighted by atomic mass is 10.3. The van der Waals surface area contributed by atoms with Crippen LogP contribution in [0, 0.1) is 0 Å². The molecular weight excluding hydrogens is 248 g/mol. The van der Waals surface area contributed by atoms with Crippen molar-refractivity contribution in [1.29, 1.82) is 0 Å². The number of β-amino-alcohol motifs (C(OH)–C–C–N with tert-alkyl or cyclic N) is 1. The van der Waals surface area contributed by atoms with E-state index in [9.17, 15) is 0 Å². The first-order chi connectivity index (χ1) is 8.85. The molecule has 6 heteroatoms. The van der Waals surface area contributed by atoms with Crippen LogP contribution in [0.4, 0.5) is 0 Å². The van der Waals surface area contributed by atoms with Crippen LogP contribution in [0.1, 0.15) is 5.69 Å².